The minimum absolute atomic E-state index is 0.145. The molecule has 0 unspecified atom stereocenters. The van der Waals surface area contributed by atoms with Crippen molar-refractivity contribution in [1.82, 2.24) is 14.8 Å². The maximum Gasteiger partial charge on any atom is 0.378 e. The van der Waals surface area contributed by atoms with Crippen LogP contribution in [0.2, 0.25) is 5.02 Å². The van der Waals surface area contributed by atoms with E-state index in [9.17, 15) is 9.59 Å². The van der Waals surface area contributed by atoms with Crippen LogP contribution >= 0.6 is 27.5 Å². The molecule has 8 heteroatoms. The molecule has 6 nitrogen and oxygen atoms in total. The number of nitrogens with zero attached hydrogens (tertiary/aromatic N) is 3. The molecule has 0 bridgehead atoms. The molecule has 3 aromatic carbocycles. The van der Waals surface area contributed by atoms with Crippen LogP contribution in [0, 0.1) is 0 Å². The van der Waals surface area contributed by atoms with Gasteiger partial charge in [0.15, 0.2) is 18.2 Å². The Bertz CT molecular complexity index is 1160. The smallest absolute Gasteiger partial charge is 0.378 e. The van der Waals surface area contributed by atoms with E-state index in [1.54, 1.807) is 59.3 Å². The van der Waals surface area contributed by atoms with Crippen molar-refractivity contribution in [2.75, 3.05) is 6.61 Å². The number of hydrogen-bond acceptors (Lipinski definition) is 5. The summed E-state index contributed by atoms with van der Waals surface area (Å²) < 4.78 is 7.62. The molecule has 0 aliphatic heterocycles. The third-order valence-corrected chi connectivity index (χ3v) is 5.17. The van der Waals surface area contributed by atoms with Crippen molar-refractivity contribution in [1.29, 1.82) is 0 Å². The standard InChI is InChI=1S/C23H15BrClN3O3/c24-17-8-12-19(13-9-17)28-22(16-6-10-18(25)11-7-16)26-21(27-28)23(30)31-14-20(29)15-4-2-1-3-5-15/h1-13H,14H2. The molecule has 0 aliphatic carbocycles. The van der Waals surface area contributed by atoms with E-state index < -0.39 is 12.6 Å². The Labute approximate surface area is 191 Å². The molecule has 0 N–H and O–H groups in total. The lowest BCUT2D eigenvalue weighted by Crippen LogP contribution is -2.15. The van der Waals surface area contributed by atoms with Gasteiger partial charge in [-0.2, -0.15) is 0 Å². The van der Waals surface area contributed by atoms with Gasteiger partial charge in [0.05, 0.1) is 5.69 Å². The van der Waals surface area contributed by atoms with E-state index in [0.717, 1.165) is 10.0 Å². The summed E-state index contributed by atoms with van der Waals surface area (Å²) in [6.45, 7) is -0.397. The number of Topliss-reactive ketones (excluding diaryl/α,β-unsaturated/α-hetero) is 1. The highest BCUT2D eigenvalue weighted by Gasteiger charge is 2.21. The number of ketones is 1. The van der Waals surface area contributed by atoms with Gasteiger partial charge >= 0.3 is 5.97 Å². The minimum atomic E-state index is -0.782. The van der Waals surface area contributed by atoms with E-state index in [2.05, 4.69) is 26.0 Å². The minimum Gasteiger partial charge on any atom is -0.451 e. The number of ether oxygens (including phenoxy) is 1. The number of aromatic nitrogens is 3. The number of halogens is 2. The zero-order valence-electron chi connectivity index (χ0n) is 16.0. The molecular weight excluding hydrogens is 482 g/mol. The third kappa shape index (κ3) is 4.90. The largest absolute Gasteiger partial charge is 0.451 e. The van der Waals surface area contributed by atoms with Crippen molar-refractivity contribution in [2.45, 2.75) is 0 Å². The SMILES string of the molecule is O=C(COC(=O)c1nc(-c2ccc(Cl)cc2)n(-c2ccc(Br)cc2)n1)c1ccccc1. The molecule has 0 amide bonds. The van der Waals surface area contributed by atoms with Crippen molar-refractivity contribution < 1.29 is 14.3 Å². The van der Waals surface area contributed by atoms with Crippen molar-refractivity contribution in [3.05, 3.63) is 99.7 Å². The van der Waals surface area contributed by atoms with Gasteiger partial charge in [0.2, 0.25) is 0 Å². The molecule has 1 aromatic heterocycles. The molecule has 31 heavy (non-hydrogen) atoms. The van der Waals surface area contributed by atoms with Crippen molar-refractivity contribution in [2.24, 2.45) is 0 Å². The normalized spacial score (nSPS) is 10.6. The third-order valence-electron chi connectivity index (χ3n) is 4.39. The van der Waals surface area contributed by atoms with E-state index >= 15 is 0 Å². The van der Waals surface area contributed by atoms with Crippen LogP contribution in [0.3, 0.4) is 0 Å². The van der Waals surface area contributed by atoms with Gasteiger partial charge in [-0.1, -0.05) is 57.9 Å². The van der Waals surface area contributed by atoms with Gasteiger partial charge in [0.1, 0.15) is 0 Å². The van der Waals surface area contributed by atoms with Crippen LogP contribution in [0.5, 0.6) is 0 Å². The lowest BCUT2D eigenvalue weighted by molar-refractivity contribution is 0.0462. The summed E-state index contributed by atoms with van der Waals surface area (Å²) in [5.41, 5.74) is 1.89. The zero-order chi connectivity index (χ0) is 21.8. The number of rotatable bonds is 6. The first-order chi connectivity index (χ1) is 15.0. The molecule has 0 saturated carbocycles. The summed E-state index contributed by atoms with van der Waals surface area (Å²) in [6.07, 6.45) is 0. The van der Waals surface area contributed by atoms with Crippen molar-refractivity contribution in [3.63, 3.8) is 0 Å². The molecule has 4 aromatic rings. The first kappa shape index (κ1) is 21.0. The van der Waals surface area contributed by atoms with Crippen LogP contribution in [0.15, 0.2) is 83.3 Å². The van der Waals surface area contributed by atoms with Gasteiger partial charge in [0, 0.05) is 20.6 Å². The second-order valence-corrected chi connectivity index (χ2v) is 7.87. The molecule has 0 aliphatic rings. The van der Waals surface area contributed by atoms with E-state index in [0.29, 0.717) is 22.1 Å². The number of carbonyl (C=O) groups excluding carboxylic acids is 2. The summed E-state index contributed by atoms with van der Waals surface area (Å²) in [5, 5.41) is 4.91. The fourth-order valence-electron chi connectivity index (χ4n) is 2.85. The average molecular weight is 497 g/mol. The summed E-state index contributed by atoms with van der Waals surface area (Å²) in [4.78, 5) is 29.2. The fraction of sp³-hybridized carbons (Fsp3) is 0.0435. The van der Waals surface area contributed by atoms with Crippen LogP contribution in [0.4, 0.5) is 0 Å². The van der Waals surface area contributed by atoms with Crippen LogP contribution in [0.1, 0.15) is 21.0 Å². The highest BCUT2D eigenvalue weighted by Crippen LogP contribution is 2.24. The number of hydrogen-bond donors (Lipinski definition) is 0. The summed E-state index contributed by atoms with van der Waals surface area (Å²) in [5.74, 6) is -0.788. The maximum atomic E-state index is 12.6. The fourth-order valence-corrected chi connectivity index (χ4v) is 3.24. The van der Waals surface area contributed by atoms with Gasteiger partial charge in [-0.3, -0.25) is 4.79 Å². The Hall–Kier alpha value is -3.29. The topological polar surface area (TPSA) is 74.1 Å². The van der Waals surface area contributed by atoms with Crippen molar-refractivity contribution in [3.8, 4) is 17.1 Å². The first-order valence-electron chi connectivity index (χ1n) is 9.25. The monoisotopic (exact) mass is 495 g/mol. The van der Waals surface area contributed by atoms with E-state index in [4.69, 9.17) is 16.3 Å². The van der Waals surface area contributed by atoms with Crippen LogP contribution in [-0.2, 0) is 4.74 Å². The average Bonchev–Trinajstić information content (AvgIpc) is 3.24. The number of benzene rings is 3. The van der Waals surface area contributed by atoms with Gasteiger partial charge in [-0.05, 0) is 48.5 Å². The Morgan fingerprint density at radius 2 is 1.61 bits per heavy atom. The van der Waals surface area contributed by atoms with Gasteiger partial charge in [-0.25, -0.2) is 14.5 Å². The predicted molar refractivity (Wildman–Crippen MR) is 121 cm³/mol. The Morgan fingerprint density at radius 1 is 0.935 bits per heavy atom. The summed E-state index contributed by atoms with van der Waals surface area (Å²) in [6, 6.07) is 23.1. The van der Waals surface area contributed by atoms with Crippen LogP contribution in [0.25, 0.3) is 17.1 Å². The molecule has 0 fully saturated rings. The van der Waals surface area contributed by atoms with E-state index in [-0.39, 0.29) is 11.6 Å². The molecule has 0 spiro atoms. The quantitative estimate of drug-likeness (QED) is 0.264. The van der Waals surface area contributed by atoms with Gasteiger partial charge in [-0.15, -0.1) is 5.10 Å². The Kier molecular flexibility index (Phi) is 6.25. The molecular formula is C23H15BrClN3O3. The van der Waals surface area contributed by atoms with Crippen LogP contribution in [-0.4, -0.2) is 33.1 Å². The van der Waals surface area contributed by atoms with Gasteiger partial charge < -0.3 is 4.74 Å². The lowest BCUT2D eigenvalue weighted by atomic mass is 10.1. The van der Waals surface area contributed by atoms with E-state index in [1.807, 2.05) is 24.3 Å². The molecule has 4 rings (SSSR count). The van der Waals surface area contributed by atoms with Crippen LogP contribution < -0.4 is 0 Å². The molecule has 0 atom stereocenters. The lowest BCUT2D eigenvalue weighted by Gasteiger charge is -2.06. The number of carbonyl (C=O) groups is 2. The molecule has 1 heterocycles. The zero-order valence-corrected chi connectivity index (χ0v) is 18.4. The highest BCUT2D eigenvalue weighted by atomic mass is 79.9. The predicted octanol–water partition coefficient (Wildman–Crippen LogP) is 5.39. The Balaban J connectivity index is 1.62. The second-order valence-electron chi connectivity index (χ2n) is 6.52. The highest BCUT2D eigenvalue weighted by molar-refractivity contribution is 9.10. The molecule has 0 saturated heterocycles. The van der Waals surface area contributed by atoms with Crippen molar-refractivity contribution >= 4 is 39.3 Å². The summed E-state index contributed by atoms with van der Waals surface area (Å²) in [7, 11) is 0. The van der Waals surface area contributed by atoms with Gasteiger partial charge in [0.25, 0.3) is 5.82 Å². The Morgan fingerprint density at radius 3 is 2.29 bits per heavy atom. The summed E-state index contributed by atoms with van der Waals surface area (Å²) >= 11 is 9.40. The first-order valence-corrected chi connectivity index (χ1v) is 10.4. The molecule has 0 radical (unpaired) electrons. The van der Waals surface area contributed by atoms with E-state index in [1.165, 1.54) is 0 Å². The number of esters is 1. The second kappa shape index (κ2) is 9.24. The molecule has 154 valence electrons. The maximum absolute atomic E-state index is 12.6.